The molecular formula is C87H130O13. The number of ether oxygens (including phenoxy) is 4. The van der Waals surface area contributed by atoms with Gasteiger partial charge in [-0.2, -0.15) is 0 Å². The van der Waals surface area contributed by atoms with Crippen molar-refractivity contribution in [3.8, 4) is 17.1 Å². The second kappa shape index (κ2) is 28.5. The summed E-state index contributed by atoms with van der Waals surface area (Å²) in [6.45, 7) is 52.9. The Balaban J connectivity index is 0.000000136. The Bertz CT molecular complexity index is 3560. The van der Waals surface area contributed by atoms with Crippen LogP contribution in [0.25, 0.3) is 22.3 Å². The molecule has 12 unspecified atom stereocenters. The number of aromatic hydroxyl groups is 1. The molecule has 0 amide bonds. The van der Waals surface area contributed by atoms with Crippen LogP contribution in [0, 0.1) is 85.2 Å². The number of aliphatic hydroxyl groups is 5. The van der Waals surface area contributed by atoms with Gasteiger partial charge in [0.1, 0.15) is 52.7 Å². The number of methoxy groups -OCH3 is 1. The molecule has 6 N–H and O–H groups in total. The molecule has 9 aliphatic carbocycles. The minimum absolute atomic E-state index is 0.0255. The lowest BCUT2D eigenvalue weighted by Gasteiger charge is -2.55. The SMILES string of the molecule is C=C1CC[C@H]2OC2(C)CC[C@@H]2[C@@H]1CC2(C)C.C=C[C@]1(C)CC[C@H](C(=C)C)C[C@@H]1C(=C)C.CC1(C)C2CCC1(C)C(O)C2.CC12CCC(CC1=O)C2(C)C.CC1CCC[C@@]2(C)CC[C@@H]3C[C@]12OC3(C)C.COC1OC(c2c(CO)cc3oc(-c4ccccc4)cc(=O)c3c2O)C(O)C(O)C1O. The summed E-state index contributed by atoms with van der Waals surface area (Å²) in [5.74, 6) is 6.19. The highest BCUT2D eigenvalue weighted by Crippen LogP contribution is 2.68. The van der Waals surface area contributed by atoms with Crippen LogP contribution in [0.5, 0.6) is 5.75 Å². The van der Waals surface area contributed by atoms with Gasteiger partial charge in [0.25, 0.3) is 0 Å². The van der Waals surface area contributed by atoms with Gasteiger partial charge in [0.05, 0.1) is 35.6 Å². The quantitative estimate of drug-likeness (QED) is 0.0962. The summed E-state index contributed by atoms with van der Waals surface area (Å²) >= 11 is 0. The van der Waals surface area contributed by atoms with Gasteiger partial charge < -0.3 is 54.0 Å². The highest BCUT2D eigenvalue weighted by Gasteiger charge is 2.66. The zero-order valence-electron chi connectivity index (χ0n) is 64.5. The number of rotatable bonds is 7. The van der Waals surface area contributed by atoms with E-state index < -0.39 is 48.5 Å². The highest BCUT2D eigenvalue weighted by molar-refractivity contribution is 5.89. The second-order valence-electron chi connectivity index (χ2n) is 37.2. The zero-order valence-corrected chi connectivity index (χ0v) is 64.5. The number of phenolic OH excluding ortho intramolecular Hbond substituents is 1. The molecule has 12 aliphatic rings. The average Bonchev–Trinajstić information content (AvgIpc) is 1.53. The van der Waals surface area contributed by atoms with E-state index in [0.717, 1.165) is 48.9 Å². The molecule has 9 saturated carbocycles. The van der Waals surface area contributed by atoms with Crippen molar-refractivity contribution in [2.24, 2.45) is 85.2 Å². The molecule has 3 aromatic rings. The molecule has 15 rings (SSSR count). The monoisotopic (exact) mass is 1380 g/mol. The minimum atomic E-state index is -1.66. The number of hydrogen-bond acceptors (Lipinski definition) is 13. The molecule has 556 valence electrons. The summed E-state index contributed by atoms with van der Waals surface area (Å²) in [6, 6.07) is 11.5. The summed E-state index contributed by atoms with van der Waals surface area (Å²) in [6.07, 6.45) is 20.3. The fourth-order valence-corrected chi connectivity index (χ4v) is 21.8. The molecular weight excluding hydrogens is 1250 g/mol. The van der Waals surface area contributed by atoms with Crippen molar-refractivity contribution in [2.75, 3.05) is 7.11 Å². The number of fused-ring (bicyclic) bond motifs is 8. The van der Waals surface area contributed by atoms with Crippen LogP contribution in [-0.2, 0) is 30.3 Å². The van der Waals surface area contributed by atoms with Gasteiger partial charge in [-0.3, -0.25) is 9.59 Å². The highest BCUT2D eigenvalue weighted by atomic mass is 16.7. The van der Waals surface area contributed by atoms with Gasteiger partial charge in [0.2, 0.25) is 0 Å². The van der Waals surface area contributed by atoms with Crippen LogP contribution in [0.1, 0.15) is 256 Å². The van der Waals surface area contributed by atoms with Crippen molar-refractivity contribution in [3.63, 3.8) is 0 Å². The summed E-state index contributed by atoms with van der Waals surface area (Å²) in [7, 11) is 1.24. The Hall–Kier alpha value is -4.28. The molecule has 13 nitrogen and oxygen atoms in total. The number of hydrogen-bond donors (Lipinski definition) is 6. The van der Waals surface area contributed by atoms with Gasteiger partial charge in [-0.1, -0.05) is 155 Å². The first-order valence-corrected chi connectivity index (χ1v) is 38.5. The number of phenols is 1. The molecule has 21 atom stereocenters. The van der Waals surface area contributed by atoms with Crippen molar-refractivity contribution in [1.82, 2.24) is 0 Å². The number of epoxide rings is 1. The number of Topliss-reactive ketones (excluding diaryl/α,β-unsaturated/α-hetero) is 1. The van der Waals surface area contributed by atoms with Crippen LogP contribution in [0.3, 0.4) is 0 Å². The van der Waals surface area contributed by atoms with E-state index >= 15 is 0 Å². The first-order valence-electron chi connectivity index (χ1n) is 38.5. The number of carbonyl (C=O) groups is 1. The van der Waals surface area contributed by atoms with Crippen LogP contribution >= 0.6 is 0 Å². The Labute approximate surface area is 600 Å². The molecule has 12 fully saturated rings. The van der Waals surface area contributed by atoms with E-state index in [-0.39, 0.29) is 72.4 Å². The van der Waals surface area contributed by atoms with Crippen LogP contribution in [0.2, 0.25) is 0 Å². The van der Waals surface area contributed by atoms with E-state index in [0.29, 0.717) is 51.4 Å². The smallest absolute Gasteiger partial charge is 0.197 e. The van der Waals surface area contributed by atoms with Crippen LogP contribution in [0.4, 0.5) is 0 Å². The molecule has 13 heteroatoms. The van der Waals surface area contributed by atoms with Crippen molar-refractivity contribution < 1.29 is 58.8 Å². The number of allylic oxidation sites excluding steroid dienone is 4. The van der Waals surface area contributed by atoms with Crippen LogP contribution in [-0.4, -0.2) is 97.1 Å². The predicted octanol–water partition coefficient (Wildman–Crippen LogP) is 18.2. The third-order valence-electron chi connectivity index (χ3n) is 30.5. The minimum Gasteiger partial charge on any atom is -0.507 e. The predicted molar refractivity (Wildman–Crippen MR) is 399 cm³/mol. The van der Waals surface area contributed by atoms with Gasteiger partial charge in [-0.05, 0) is 242 Å². The van der Waals surface area contributed by atoms with E-state index in [4.69, 9.17) is 23.4 Å². The van der Waals surface area contributed by atoms with Gasteiger partial charge in [-0.25, -0.2) is 0 Å². The van der Waals surface area contributed by atoms with Crippen LogP contribution < -0.4 is 5.43 Å². The molecule has 6 bridgehead atoms. The molecule has 0 radical (unpaired) electrons. The largest absolute Gasteiger partial charge is 0.507 e. The summed E-state index contributed by atoms with van der Waals surface area (Å²) in [5.41, 5.74) is 7.01. The van der Waals surface area contributed by atoms with Gasteiger partial charge in [0, 0.05) is 36.1 Å². The molecule has 1 aromatic heterocycles. The van der Waals surface area contributed by atoms with Gasteiger partial charge >= 0.3 is 0 Å². The van der Waals surface area contributed by atoms with Crippen molar-refractivity contribution in [1.29, 1.82) is 0 Å². The van der Waals surface area contributed by atoms with Crippen molar-refractivity contribution in [3.05, 3.63) is 113 Å². The normalized spacial score (nSPS) is 41.4. The lowest BCUT2D eigenvalue weighted by molar-refractivity contribution is -0.292. The third-order valence-corrected chi connectivity index (χ3v) is 30.5. The third kappa shape index (κ3) is 13.9. The molecule has 4 heterocycles. The lowest BCUT2D eigenvalue weighted by atomic mass is 9.52. The Morgan fingerprint density at radius 1 is 0.730 bits per heavy atom. The summed E-state index contributed by atoms with van der Waals surface area (Å²) in [5, 5.41) is 61.1. The first kappa shape index (κ1) is 78.3. The standard InChI is InChI=1S/C22H22O9.C15H24O.C15H26O.C15H24.C10H18O.C10H16O/c1-29-22-20(28)18(26)19(27)21(31-22)15-11(9-23)7-14-16(17(15)25)12(24)8-13(30-14)10-5-3-2-4-6-10;1-10-5-6-13-15(4,16-13)8-7-12-11(10)9-14(12,2)3;1-11-6-5-8-14(4)9-7-12-10-15(11,14)16-13(12,2)3;1-7-15(6)9-8-13(11(2)3)10-14(15)12(4)5;2*1-9(2)7-4-5-10(9,3)8(11)6-7/h2-8,18-23,25-28H,9H2,1H3;11-13H,1,5-9H2,2-4H3;11-12H,5-10H2,1-4H3;7,13-14H,1-2,4,8-10H2,3,5-6H3;7-8,11H,4-6H2,1-3H3;7H,4-6H2,1-3H3/t;11-,12-,13-,15?;11?,12-,14+,15+;13-,14+,15+;;/m.110../s1. The van der Waals surface area contributed by atoms with E-state index in [1.807, 2.05) is 6.07 Å². The maximum Gasteiger partial charge on any atom is 0.197 e. The van der Waals surface area contributed by atoms with Crippen LogP contribution in [0.15, 0.2) is 101 Å². The Kier molecular flexibility index (Phi) is 22.4. The number of ketones is 1. The van der Waals surface area contributed by atoms with Crippen molar-refractivity contribution in [2.45, 2.75) is 306 Å². The Morgan fingerprint density at radius 2 is 1.40 bits per heavy atom. The zero-order chi connectivity index (χ0) is 73.6. The maximum atomic E-state index is 12.8. The molecule has 1 spiro atoms. The summed E-state index contributed by atoms with van der Waals surface area (Å²) < 4.78 is 28.9. The lowest BCUT2D eigenvalue weighted by Crippen LogP contribution is -2.55. The van der Waals surface area contributed by atoms with Gasteiger partial charge in [-0.15, -0.1) is 6.58 Å². The first-order chi connectivity index (χ1) is 46.6. The van der Waals surface area contributed by atoms with E-state index in [9.17, 15) is 40.2 Å². The molecule has 3 saturated heterocycles. The topological polar surface area (TPSA) is 209 Å². The average molecular weight is 1380 g/mol. The number of aliphatic hydroxyl groups excluding tert-OH is 5. The molecule has 3 aliphatic heterocycles. The second-order valence-corrected chi connectivity index (χ2v) is 37.2. The van der Waals surface area contributed by atoms with E-state index in [2.05, 4.69) is 143 Å². The van der Waals surface area contributed by atoms with Crippen molar-refractivity contribution >= 4 is 16.8 Å². The molecule has 100 heavy (non-hydrogen) atoms. The number of benzene rings is 2. The fourth-order valence-electron chi connectivity index (χ4n) is 21.8. The van der Waals surface area contributed by atoms with Gasteiger partial charge in [0.15, 0.2) is 11.7 Å². The Morgan fingerprint density at radius 3 is 1.93 bits per heavy atom. The molecule has 2 aromatic carbocycles. The maximum absolute atomic E-state index is 12.8. The summed E-state index contributed by atoms with van der Waals surface area (Å²) in [4.78, 5) is 24.4. The number of carbonyl (C=O) groups excluding carboxylic acids is 1. The van der Waals surface area contributed by atoms with E-state index in [1.54, 1.807) is 24.3 Å². The fraction of sp³-hybridized carbons (Fsp3) is 0.724. The van der Waals surface area contributed by atoms with E-state index in [1.165, 1.54) is 145 Å².